The van der Waals surface area contributed by atoms with Gasteiger partial charge in [-0.3, -0.25) is 4.79 Å². The highest BCUT2D eigenvalue weighted by Gasteiger charge is 2.41. The minimum atomic E-state index is 0.286. The molecule has 0 aromatic heterocycles. The summed E-state index contributed by atoms with van der Waals surface area (Å²) in [6, 6.07) is 8.72. The van der Waals surface area contributed by atoms with Gasteiger partial charge in [-0.15, -0.1) is 0 Å². The van der Waals surface area contributed by atoms with Crippen molar-refractivity contribution in [3.05, 3.63) is 29.8 Å². The third kappa shape index (κ3) is 2.51. The summed E-state index contributed by atoms with van der Waals surface area (Å²) < 4.78 is 0. The van der Waals surface area contributed by atoms with Crippen LogP contribution in [0.4, 0.5) is 5.69 Å². The second-order valence-corrected chi connectivity index (χ2v) is 4.82. The number of carbonyl (C=O) groups is 1. The second-order valence-electron chi connectivity index (χ2n) is 4.82. The molecule has 0 radical (unpaired) electrons. The first-order valence-electron chi connectivity index (χ1n) is 6.52. The van der Waals surface area contributed by atoms with Gasteiger partial charge in [-0.05, 0) is 50.8 Å². The lowest BCUT2D eigenvalue weighted by Gasteiger charge is -2.21. The van der Waals surface area contributed by atoms with Crippen molar-refractivity contribution < 1.29 is 4.79 Å². The van der Waals surface area contributed by atoms with Crippen molar-refractivity contribution in [1.82, 2.24) is 0 Å². The van der Waals surface area contributed by atoms with Gasteiger partial charge >= 0.3 is 0 Å². The molecule has 1 saturated carbocycles. The summed E-state index contributed by atoms with van der Waals surface area (Å²) >= 11 is 0. The Kier molecular flexibility index (Phi) is 3.51. The van der Waals surface area contributed by atoms with Gasteiger partial charge in [-0.2, -0.15) is 0 Å². The average molecular weight is 231 g/mol. The monoisotopic (exact) mass is 231 g/mol. The van der Waals surface area contributed by atoms with Crippen LogP contribution in [0.2, 0.25) is 0 Å². The van der Waals surface area contributed by atoms with E-state index < -0.39 is 0 Å². The Balaban J connectivity index is 2.06. The summed E-state index contributed by atoms with van der Waals surface area (Å²) in [4.78, 5) is 13.6. The van der Waals surface area contributed by atoms with Crippen molar-refractivity contribution >= 4 is 11.5 Å². The molecule has 0 heterocycles. The van der Waals surface area contributed by atoms with Gasteiger partial charge in [0.25, 0.3) is 0 Å². The fourth-order valence-electron chi connectivity index (χ4n) is 2.53. The first kappa shape index (κ1) is 12.2. The fraction of sp³-hybridized carbons (Fsp3) is 0.533. The largest absolute Gasteiger partial charge is 0.372 e. The minimum Gasteiger partial charge on any atom is -0.372 e. The van der Waals surface area contributed by atoms with Gasteiger partial charge in [0, 0.05) is 24.7 Å². The molecule has 0 N–H and O–H groups in total. The molecule has 0 spiro atoms. The topological polar surface area (TPSA) is 20.3 Å². The number of nitrogens with zero attached hydrogens (tertiary/aromatic N) is 1. The molecule has 1 aliphatic carbocycles. The number of hydrogen-bond acceptors (Lipinski definition) is 2. The van der Waals surface area contributed by atoms with Gasteiger partial charge in [0.05, 0.1) is 0 Å². The van der Waals surface area contributed by atoms with Gasteiger partial charge in [-0.1, -0.05) is 12.1 Å². The van der Waals surface area contributed by atoms with Crippen LogP contribution < -0.4 is 4.90 Å². The highest BCUT2D eigenvalue weighted by Crippen LogP contribution is 2.48. The number of anilines is 1. The predicted octanol–water partition coefficient (Wildman–Crippen LogP) is 3.23. The maximum Gasteiger partial charge on any atom is 0.133 e. The fourth-order valence-corrected chi connectivity index (χ4v) is 2.53. The maximum absolute atomic E-state index is 11.2. The molecule has 92 valence electrons. The Morgan fingerprint density at radius 1 is 1.24 bits per heavy atom. The third-order valence-corrected chi connectivity index (χ3v) is 3.76. The van der Waals surface area contributed by atoms with E-state index in [-0.39, 0.29) is 5.92 Å². The molecule has 2 atom stereocenters. The Hall–Kier alpha value is -1.31. The summed E-state index contributed by atoms with van der Waals surface area (Å²) in [5.74, 6) is 1.11. The summed E-state index contributed by atoms with van der Waals surface area (Å²) in [5, 5.41) is 0. The molecule has 2 rings (SSSR count). The molecule has 2 nitrogen and oxygen atoms in total. The zero-order chi connectivity index (χ0) is 12.4. The van der Waals surface area contributed by atoms with Crippen LogP contribution in [0.25, 0.3) is 0 Å². The van der Waals surface area contributed by atoms with Crippen LogP contribution in [0, 0.1) is 5.92 Å². The quantitative estimate of drug-likeness (QED) is 0.775. The summed E-state index contributed by atoms with van der Waals surface area (Å²) in [6.07, 6.45) is 1.04. The van der Waals surface area contributed by atoms with Gasteiger partial charge in [0.2, 0.25) is 0 Å². The van der Waals surface area contributed by atoms with Gasteiger partial charge in [0.1, 0.15) is 5.78 Å². The molecule has 0 unspecified atom stereocenters. The first-order valence-corrected chi connectivity index (χ1v) is 6.52. The first-order chi connectivity index (χ1) is 8.17. The summed E-state index contributed by atoms with van der Waals surface area (Å²) in [5.41, 5.74) is 2.60. The molecular weight excluding hydrogens is 210 g/mol. The molecule has 1 fully saturated rings. The van der Waals surface area contributed by atoms with Crippen molar-refractivity contribution in [3.63, 3.8) is 0 Å². The molecule has 1 aromatic carbocycles. The Morgan fingerprint density at radius 3 is 2.24 bits per heavy atom. The van der Waals surface area contributed by atoms with Crippen molar-refractivity contribution in [2.24, 2.45) is 5.92 Å². The third-order valence-electron chi connectivity index (χ3n) is 3.76. The Morgan fingerprint density at radius 2 is 1.82 bits per heavy atom. The smallest absolute Gasteiger partial charge is 0.133 e. The molecule has 2 heteroatoms. The van der Waals surface area contributed by atoms with Crippen molar-refractivity contribution in [1.29, 1.82) is 0 Å². The number of carbonyl (C=O) groups excluding carboxylic acids is 1. The molecular formula is C15H21NO. The number of benzene rings is 1. The van der Waals surface area contributed by atoms with Crippen LogP contribution in [0.1, 0.15) is 38.7 Å². The van der Waals surface area contributed by atoms with Gasteiger partial charge in [-0.25, -0.2) is 0 Å². The standard InChI is InChI=1S/C15H21NO/c1-4-16(5-2)13-8-6-12(7-9-13)15-10-14(15)11(3)17/h6-9,14-15H,4-5,10H2,1-3H3/t14-,15-/m1/s1. The number of rotatable bonds is 5. The normalized spacial score (nSPS) is 22.3. The van der Waals surface area contributed by atoms with Gasteiger partial charge < -0.3 is 4.90 Å². The lowest BCUT2D eigenvalue weighted by molar-refractivity contribution is -0.118. The van der Waals surface area contributed by atoms with Crippen molar-refractivity contribution in [3.8, 4) is 0 Å². The van der Waals surface area contributed by atoms with Crippen LogP contribution in [-0.4, -0.2) is 18.9 Å². The van der Waals surface area contributed by atoms with Crippen LogP contribution in [-0.2, 0) is 4.79 Å². The highest BCUT2D eigenvalue weighted by molar-refractivity contribution is 5.82. The van der Waals surface area contributed by atoms with E-state index in [9.17, 15) is 4.79 Å². The van der Waals surface area contributed by atoms with E-state index >= 15 is 0 Å². The van der Waals surface area contributed by atoms with Crippen molar-refractivity contribution in [2.45, 2.75) is 33.1 Å². The molecule has 0 bridgehead atoms. The highest BCUT2D eigenvalue weighted by atomic mass is 16.1. The number of hydrogen-bond donors (Lipinski definition) is 0. The van der Waals surface area contributed by atoms with E-state index in [1.54, 1.807) is 6.92 Å². The number of Topliss-reactive ketones (excluding diaryl/α,β-unsaturated/α-hetero) is 1. The SMILES string of the molecule is CCN(CC)c1ccc([C@H]2C[C@@H]2C(C)=O)cc1. The zero-order valence-corrected chi connectivity index (χ0v) is 10.9. The molecule has 17 heavy (non-hydrogen) atoms. The van der Waals surface area contributed by atoms with E-state index in [0.717, 1.165) is 19.5 Å². The van der Waals surface area contributed by atoms with Crippen molar-refractivity contribution in [2.75, 3.05) is 18.0 Å². The Labute approximate surface area is 104 Å². The summed E-state index contributed by atoms with van der Waals surface area (Å²) in [6.45, 7) is 8.12. The second kappa shape index (κ2) is 4.91. The molecule has 1 aliphatic rings. The molecule has 0 aliphatic heterocycles. The van der Waals surface area contributed by atoms with Crippen LogP contribution >= 0.6 is 0 Å². The molecule has 0 amide bonds. The zero-order valence-electron chi connectivity index (χ0n) is 10.9. The lowest BCUT2D eigenvalue weighted by atomic mass is 10.1. The van der Waals surface area contributed by atoms with Crippen LogP contribution in [0.3, 0.4) is 0 Å². The Bertz CT molecular complexity index is 392. The van der Waals surface area contributed by atoms with E-state index in [4.69, 9.17) is 0 Å². The minimum absolute atomic E-state index is 0.286. The van der Waals surface area contributed by atoms with Crippen LogP contribution in [0.15, 0.2) is 24.3 Å². The van der Waals surface area contributed by atoms with E-state index in [1.807, 2.05) is 0 Å². The summed E-state index contributed by atoms with van der Waals surface area (Å²) in [7, 11) is 0. The maximum atomic E-state index is 11.2. The number of ketones is 1. The average Bonchev–Trinajstić information content (AvgIpc) is 3.12. The van der Waals surface area contributed by atoms with E-state index in [1.165, 1.54) is 11.3 Å². The van der Waals surface area contributed by atoms with Crippen LogP contribution in [0.5, 0.6) is 0 Å². The lowest BCUT2D eigenvalue weighted by Crippen LogP contribution is -2.21. The van der Waals surface area contributed by atoms with Gasteiger partial charge in [0.15, 0.2) is 0 Å². The predicted molar refractivity (Wildman–Crippen MR) is 71.5 cm³/mol. The molecule has 0 saturated heterocycles. The molecule has 1 aromatic rings. The van der Waals surface area contributed by atoms with E-state index in [0.29, 0.717) is 11.7 Å². The van der Waals surface area contributed by atoms with E-state index in [2.05, 4.69) is 43.0 Å².